The van der Waals surface area contributed by atoms with Crippen LogP contribution in [-0.4, -0.2) is 85.3 Å². The first-order valence-electron chi connectivity index (χ1n) is 23.5. The Labute approximate surface area is 407 Å². The molecule has 1 amide bonds. The number of hydrogen-bond acceptors (Lipinski definition) is 12. The lowest BCUT2D eigenvalue weighted by Gasteiger charge is -2.34. The molecule has 70 heavy (non-hydrogen) atoms. The van der Waals surface area contributed by atoms with E-state index < -0.39 is 17.3 Å². The van der Waals surface area contributed by atoms with Crippen LogP contribution in [0.4, 0.5) is 35.0 Å². The standard InChI is InChI=1S/C20H26N4O2.C18H14F3N3.C16H20N4/c1-20(2,3)26-19(25)24-10-6-17(7-11-24)23-18-12-16(13-22-14-18)15-4-8-21-9-5-15;19-18(20,21)16-3-1-2-13(8-16)10-24-17-9-15(11-23-12-17)14-4-6-22-7-5-14;1-2-13(9-18-5-1)10-20-16-8-15(11-19-12-16)14-3-6-17-7-4-14/h4-5,8-9,12-14,17,23H,6-7,10-11H2,1-3H3;1-9,11-12,24H,10H2;3-4,6-8,11-13,18,20H,1-2,5,9-10H2. The summed E-state index contributed by atoms with van der Waals surface area (Å²) in [4.78, 5) is 38.8. The van der Waals surface area contributed by atoms with Crippen LogP contribution in [0.3, 0.4) is 0 Å². The van der Waals surface area contributed by atoms with E-state index in [2.05, 4.69) is 63.3 Å². The van der Waals surface area contributed by atoms with Crippen LogP contribution in [0.25, 0.3) is 33.4 Å². The fraction of sp³-hybridized carbons (Fsp3) is 0.315. The lowest BCUT2D eigenvalue weighted by molar-refractivity contribution is -0.137. The molecule has 2 aliphatic heterocycles. The van der Waals surface area contributed by atoms with Gasteiger partial charge in [-0.05, 0) is 154 Å². The molecule has 1 unspecified atom stereocenters. The lowest BCUT2D eigenvalue weighted by atomic mass is 10.00. The number of ether oxygens (including phenoxy) is 1. The number of nitrogens with one attached hydrogen (secondary N) is 4. The molecule has 0 bridgehead atoms. The Balaban J connectivity index is 0.000000156. The van der Waals surface area contributed by atoms with Crippen molar-refractivity contribution in [3.63, 3.8) is 0 Å². The summed E-state index contributed by atoms with van der Waals surface area (Å²) in [7, 11) is 0. The summed E-state index contributed by atoms with van der Waals surface area (Å²) in [5, 5.41) is 13.6. The third-order valence-electron chi connectivity index (χ3n) is 11.5. The average molecular weight is 952 g/mol. The van der Waals surface area contributed by atoms with Crippen molar-refractivity contribution in [2.75, 3.05) is 48.7 Å². The van der Waals surface area contributed by atoms with Gasteiger partial charge < -0.3 is 30.9 Å². The van der Waals surface area contributed by atoms with Gasteiger partial charge in [0.05, 0.1) is 22.6 Å². The number of carbonyl (C=O) groups excluding carboxylic acids is 1. The van der Waals surface area contributed by atoms with Crippen molar-refractivity contribution >= 4 is 23.2 Å². The molecule has 7 aromatic rings. The third-order valence-corrected chi connectivity index (χ3v) is 11.5. The van der Waals surface area contributed by atoms with E-state index in [0.29, 0.717) is 30.6 Å². The van der Waals surface area contributed by atoms with Crippen molar-refractivity contribution in [3.05, 3.63) is 164 Å². The van der Waals surface area contributed by atoms with Crippen molar-refractivity contribution < 1.29 is 22.7 Å². The zero-order valence-corrected chi connectivity index (χ0v) is 39.7. The molecule has 16 heteroatoms. The molecule has 2 fully saturated rings. The van der Waals surface area contributed by atoms with Gasteiger partial charge in [-0.1, -0.05) is 12.1 Å². The minimum Gasteiger partial charge on any atom is -0.444 e. The molecule has 0 spiro atoms. The molecule has 1 aromatic carbocycles. The van der Waals surface area contributed by atoms with Crippen molar-refractivity contribution in [3.8, 4) is 33.4 Å². The number of halogens is 3. The van der Waals surface area contributed by atoms with Crippen LogP contribution in [-0.2, 0) is 17.5 Å². The number of benzene rings is 1. The van der Waals surface area contributed by atoms with E-state index in [1.165, 1.54) is 18.9 Å². The van der Waals surface area contributed by atoms with Gasteiger partial charge in [0.1, 0.15) is 5.60 Å². The maximum atomic E-state index is 12.7. The summed E-state index contributed by atoms with van der Waals surface area (Å²) in [6.07, 6.45) is 21.2. The van der Waals surface area contributed by atoms with Crippen LogP contribution < -0.4 is 21.3 Å². The molecule has 2 aliphatic rings. The molecule has 0 saturated carbocycles. The van der Waals surface area contributed by atoms with Crippen molar-refractivity contribution in [1.29, 1.82) is 0 Å². The molecule has 1 atom stereocenters. The Morgan fingerprint density at radius 2 is 1.16 bits per heavy atom. The number of hydrogen-bond donors (Lipinski definition) is 4. The number of likely N-dealkylation sites (tertiary alicyclic amines) is 1. The maximum Gasteiger partial charge on any atom is 0.416 e. The number of carbonyl (C=O) groups is 1. The van der Waals surface area contributed by atoms with Gasteiger partial charge in [-0.2, -0.15) is 13.2 Å². The maximum absolute atomic E-state index is 12.7. The zero-order chi connectivity index (χ0) is 49.2. The molecule has 8 heterocycles. The van der Waals surface area contributed by atoms with E-state index in [-0.39, 0.29) is 12.6 Å². The van der Waals surface area contributed by atoms with Crippen LogP contribution in [0.1, 0.15) is 57.6 Å². The monoisotopic (exact) mass is 951 g/mol. The van der Waals surface area contributed by atoms with Gasteiger partial charge >= 0.3 is 12.3 Å². The highest BCUT2D eigenvalue weighted by Crippen LogP contribution is 2.30. The zero-order valence-electron chi connectivity index (χ0n) is 39.7. The molecule has 364 valence electrons. The average Bonchev–Trinajstić information content (AvgIpc) is 3.39. The summed E-state index contributed by atoms with van der Waals surface area (Å²) in [6.45, 7) is 10.6. The van der Waals surface area contributed by atoms with Gasteiger partial charge in [0, 0.05) is 123 Å². The molecule has 2 saturated heterocycles. The summed E-state index contributed by atoms with van der Waals surface area (Å²) in [6, 6.07) is 23.4. The van der Waals surface area contributed by atoms with Crippen molar-refractivity contribution in [2.45, 2.75) is 70.8 Å². The normalized spacial score (nSPS) is 15.0. The largest absolute Gasteiger partial charge is 0.444 e. The van der Waals surface area contributed by atoms with Gasteiger partial charge in [-0.15, -0.1) is 0 Å². The van der Waals surface area contributed by atoms with E-state index in [4.69, 9.17) is 4.74 Å². The second-order valence-electron chi connectivity index (χ2n) is 18.1. The van der Waals surface area contributed by atoms with E-state index >= 15 is 0 Å². The predicted octanol–water partition coefficient (Wildman–Crippen LogP) is 11.3. The van der Waals surface area contributed by atoms with Crippen LogP contribution >= 0.6 is 0 Å². The van der Waals surface area contributed by atoms with Crippen LogP contribution in [0.5, 0.6) is 0 Å². The lowest BCUT2D eigenvalue weighted by Crippen LogP contribution is -2.44. The van der Waals surface area contributed by atoms with E-state index in [1.807, 2.05) is 100 Å². The predicted molar refractivity (Wildman–Crippen MR) is 270 cm³/mol. The minimum absolute atomic E-state index is 0.225. The summed E-state index contributed by atoms with van der Waals surface area (Å²) in [5.41, 5.74) is 8.58. The fourth-order valence-electron chi connectivity index (χ4n) is 7.89. The molecular weight excluding hydrogens is 892 g/mol. The van der Waals surface area contributed by atoms with Crippen LogP contribution in [0, 0.1) is 5.92 Å². The van der Waals surface area contributed by atoms with Crippen molar-refractivity contribution in [2.24, 2.45) is 5.92 Å². The van der Waals surface area contributed by atoms with Gasteiger partial charge in [0.2, 0.25) is 0 Å². The number of aromatic nitrogens is 6. The highest BCUT2D eigenvalue weighted by atomic mass is 19.4. The summed E-state index contributed by atoms with van der Waals surface area (Å²) < 4.78 is 43.7. The van der Waals surface area contributed by atoms with Gasteiger partial charge in [-0.25, -0.2) is 4.79 Å². The highest BCUT2D eigenvalue weighted by molar-refractivity contribution is 5.69. The number of amides is 1. The molecule has 4 N–H and O–H groups in total. The Morgan fingerprint density at radius 1 is 0.643 bits per heavy atom. The molecule has 0 aliphatic carbocycles. The van der Waals surface area contributed by atoms with Gasteiger partial charge in [0.25, 0.3) is 0 Å². The number of piperidine rings is 2. The number of alkyl halides is 3. The quantitative estimate of drug-likeness (QED) is 0.0975. The van der Waals surface area contributed by atoms with E-state index in [1.54, 1.807) is 48.1 Å². The summed E-state index contributed by atoms with van der Waals surface area (Å²) in [5.74, 6) is 0.716. The smallest absolute Gasteiger partial charge is 0.416 e. The number of anilines is 3. The number of pyridine rings is 6. The van der Waals surface area contributed by atoms with Crippen molar-refractivity contribution in [1.82, 2.24) is 40.1 Å². The van der Waals surface area contributed by atoms with Gasteiger partial charge in [-0.3, -0.25) is 29.9 Å². The molecule has 0 radical (unpaired) electrons. The Hall–Kier alpha value is -7.46. The SMILES string of the molecule is CC(C)(C)OC(=O)N1CCC(Nc2cncc(-c3ccncc3)c2)CC1.FC(F)(F)c1cccc(CNc2cncc(-c3ccncc3)c2)c1.c1cc(-c2cncc(NCC3CCCNC3)c2)ccn1. The second kappa shape index (κ2) is 24.7. The second-order valence-corrected chi connectivity index (χ2v) is 18.1. The summed E-state index contributed by atoms with van der Waals surface area (Å²) >= 11 is 0. The molecule has 9 rings (SSSR count). The number of rotatable bonds is 11. The third kappa shape index (κ3) is 16.1. The first-order valence-corrected chi connectivity index (χ1v) is 23.5. The van der Waals surface area contributed by atoms with E-state index in [0.717, 1.165) is 95.1 Å². The first kappa shape index (κ1) is 50.4. The molecule has 13 nitrogen and oxygen atoms in total. The Bertz CT molecular complexity index is 2680. The van der Waals surface area contributed by atoms with Gasteiger partial charge in [0.15, 0.2) is 0 Å². The molecular formula is C54H60F3N11O2. The Kier molecular flexibility index (Phi) is 17.8. The highest BCUT2D eigenvalue weighted by Gasteiger charge is 2.30. The van der Waals surface area contributed by atoms with Crippen LogP contribution in [0.2, 0.25) is 0 Å². The minimum atomic E-state index is -4.33. The number of nitrogens with zero attached hydrogens (tertiary/aromatic N) is 7. The molecule has 6 aromatic heterocycles. The topological polar surface area (TPSA) is 155 Å². The fourth-order valence-corrected chi connectivity index (χ4v) is 7.89. The van der Waals surface area contributed by atoms with Crippen LogP contribution in [0.15, 0.2) is 153 Å². The Morgan fingerprint density at radius 3 is 1.66 bits per heavy atom. The first-order chi connectivity index (χ1) is 33.8. The van der Waals surface area contributed by atoms with E-state index in [9.17, 15) is 18.0 Å².